The van der Waals surface area contributed by atoms with Gasteiger partial charge >= 0.3 is 0 Å². The second-order valence-electron chi connectivity index (χ2n) is 6.37. The maximum absolute atomic E-state index is 3.33. The van der Waals surface area contributed by atoms with Crippen molar-refractivity contribution >= 4 is 0 Å². The Kier molecular flexibility index (Phi) is 3.42. The van der Waals surface area contributed by atoms with Crippen LogP contribution in [0.4, 0.5) is 0 Å². The van der Waals surface area contributed by atoms with E-state index in [0.29, 0.717) is 0 Å². The summed E-state index contributed by atoms with van der Waals surface area (Å²) in [6.07, 6.45) is 5.72. The highest BCUT2D eigenvalue weighted by Gasteiger charge is 2.41. The molecule has 0 aromatic carbocycles. The van der Waals surface area contributed by atoms with Gasteiger partial charge < -0.3 is 5.32 Å². The Hall–Kier alpha value is -0.120. The number of nitrogens with one attached hydrogen (secondary N) is 1. The molecule has 1 saturated carbocycles. The highest BCUT2D eigenvalue weighted by Crippen LogP contribution is 2.35. The molecule has 0 aromatic rings. The molecule has 3 aliphatic rings. The summed E-state index contributed by atoms with van der Waals surface area (Å²) in [5, 5.41) is 3.33. The fourth-order valence-electron chi connectivity index (χ4n) is 3.86. The Morgan fingerprint density at radius 1 is 1.12 bits per heavy atom. The van der Waals surface area contributed by atoms with Gasteiger partial charge in [-0.3, -0.25) is 9.80 Å². The molecule has 3 unspecified atom stereocenters. The van der Waals surface area contributed by atoms with Gasteiger partial charge in [-0.05, 0) is 58.7 Å². The number of likely N-dealkylation sites (tertiary alicyclic amines) is 2. The van der Waals surface area contributed by atoms with Crippen molar-refractivity contribution < 1.29 is 0 Å². The minimum atomic E-state index is 0.829. The molecule has 17 heavy (non-hydrogen) atoms. The van der Waals surface area contributed by atoms with Gasteiger partial charge in [-0.15, -0.1) is 0 Å². The molecule has 0 radical (unpaired) electrons. The van der Waals surface area contributed by atoms with Gasteiger partial charge in [0.25, 0.3) is 0 Å². The summed E-state index contributed by atoms with van der Waals surface area (Å²) in [6.45, 7) is 7.64. The Morgan fingerprint density at radius 2 is 1.94 bits per heavy atom. The predicted octanol–water partition coefficient (Wildman–Crippen LogP) is 1.15. The molecule has 3 nitrogen and oxygen atoms in total. The molecule has 0 amide bonds. The first-order valence-electron chi connectivity index (χ1n) is 7.42. The van der Waals surface area contributed by atoms with Gasteiger partial charge in [0.1, 0.15) is 0 Å². The quantitative estimate of drug-likeness (QED) is 0.791. The van der Waals surface area contributed by atoms with Crippen molar-refractivity contribution in [3.63, 3.8) is 0 Å². The van der Waals surface area contributed by atoms with Crippen molar-refractivity contribution in [2.45, 2.75) is 50.7 Å². The Labute approximate surface area is 106 Å². The third-order valence-corrected chi connectivity index (χ3v) is 4.94. The van der Waals surface area contributed by atoms with Crippen LogP contribution in [0.25, 0.3) is 0 Å². The minimum absolute atomic E-state index is 0.829. The highest BCUT2D eigenvalue weighted by atomic mass is 15.3. The summed E-state index contributed by atoms with van der Waals surface area (Å²) in [4.78, 5) is 5.54. The normalized spacial score (nSPS) is 40.2. The van der Waals surface area contributed by atoms with E-state index in [1.54, 1.807) is 0 Å². The van der Waals surface area contributed by atoms with Crippen LogP contribution in [0.3, 0.4) is 0 Å². The fraction of sp³-hybridized carbons (Fsp3) is 1.00. The average Bonchev–Trinajstić information content (AvgIpc) is 2.92. The van der Waals surface area contributed by atoms with E-state index in [4.69, 9.17) is 0 Å². The van der Waals surface area contributed by atoms with Crippen LogP contribution in [0, 0.1) is 5.92 Å². The summed E-state index contributed by atoms with van der Waals surface area (Å²) in [7, 11) is 2.08. The number of hydrogen-bond acceptors (Lipinski definition) is 3. The molecule has 3 atom stereocenters. The van der Waals surface area contributed by atoms with E-state index < -0.39 is 0 Å². The highest BCUT2D eigenvalue weighted by molar-refractivity contribution is 4.98. The topological polar surface area (TPSA) is 18.5 Å². The maximum Gasteiger partial charge on any atom is 0.0238 e. The third kappa shape index (κ3) is 2.51. The smallest absolute Gasteiger partial charge is 0.0238 e. The van der Waals surface area contributed by atoms with Crippen LogP contribution < -0.4 is 5.32 Å². The van der Waals surface area contributed by atoms with Crippen LogP contribution in [0.1, 0.15) is 32.6 Å². The van der Waals surface area contributed by atoms with Gasteiger partial charge in [-0.25, -0.2) is 0 Å². The molecule has 1 aliphatic carbocycles. The lowest BCUT2D eigenvalue weighted by molar-refractivity contribution is 0.215. The van der Waals surface area contributed by atoms with Crippen molar-refractivity contribution in [1.29, 1.82) is 0 Å². The van der Waals surface area contributed by atoms with Crippen LogP contribution in [0.2, 0.25) is 0 Å². The van der Waals surface area contributed by atoms with E-state index in [9.17, 15) is 0 Å². The Morgan fingerprint density at radius 3 is 2.65 bits per heavy atom. The SMILES string of the molecule is CNCC1CCN(C2CC(C)N(C3CC3)C2)C1. The van der Waals surface area contributed by atoms with E-state index in [1.165, 1.54) is 51.9 Å². The summed E-state index contributed by atoms with van der Waals surface area (Å²) in [6, 6.07) is 2.63. The summed E-state index contributed by atoms with van der Waals surface area (Å²) >= 11 is 0. The molecular weight excluding hydrogens is 210 g/mol. The monoisotopic (exact) mass is 237 g/mol. The van der Waals surface area contributed by atoms with Crippen molar-refractivity contribution in [1.82, 2.24) is 15.1 Å². The summed E-state index contributed by atoms with van der Waals surface area (Å²) in [5.41, 5.74) is 0. The van der Waals surface area contributed by atoms with E-state index in [0.717, 1.165) is 24.0 Å². The summed E-state index contributed by atoms with van der Waals surface area (Å²) < 4.78 is 0. The first kappa shape index (κ1) is 11.9. The largest absolute Gasteiger partial charge is 0.319 e. The zero-order valence-corrected chi connectivity index (χ0v) is 11.4. The molecule has 2 heterocycles. The average molecular weight is 237 g/mol. The predicted molar refractivity (Wildman–Crippen MR) is 71.2 cm³/mol. The maximum atomic E-state index is 3.33. The van der Waals surface area contributed by atoms with Gasteiger partial charge in [0.2, 0.25) is 0 Å². The molecule has 2 saturated heterocycles. The fourth-order valence-corrected chi connectivity index (χ4v) is 3.86. The lowest BCUT2D eigenvalue weighted by Gasteiger charge is -2.24. The molecule has 2 aliphatic heterocycles. The van der Waals surface area contributed by atoms with Crippen molar-refractivity contribution in [2.24, 2.45) is 5.92 Å². The number of rotatable bonds is 4. The van der Waals surface area contributed by atoms with Crippen molar-refractivity contribution in [2.75, 3.05) is 33.2 Å². The van der Waals surface area contributed by atoms with E-state index >= 15 is 0 Å². The molecule has 0 bridgehead atoms. The Balaban J connectivity index is 1.52. The van der Waals surface area contributed by atoms with Gasteiger partial charge in [0.05, 0.1) is 0 Å². The zero-order valence-electron chi connectivity index (χ0n) is 11.4. The van der Waals surface area contributed by atoms with Crippen LogP contribution in [-0.4, -0.2) is 61.2 Å². The lowest BCUT2D eigenvalue weighted by Crippen LogP contribution is -2.37. The minimum Gasteiger partial charge on any atom is -0.319 e. The standard InChI is InChI=1S/C14H27N3/c1-11-7-14(10-17(11)13-3-4-13)16-6-5-12(9-16)8-15-2/h11-15H,3-10H2,1-2H3. The molecule has 98 valence electrons. The van der Waals surface area contributed by atoms with Crippen LogP contribution in [-0.2, 0) is 0 Å². The molecule has 1 N–H and O–H groups in total. The second kappa shape index (κ2) is 4.87. The van der Waals surface area contributed by atoms with Gasteiger partial charge in [-0.2, -0.15) is 0 Å². The molecule has 0 spiro atoms. The molecule has 3 fully saturated rings. The second-order valence-corrected chi connectivity index (χ2v) is 6.37. The third-order valence-electron chi connectivity index (χ3n) is 4.94. The molecule has 3 heteroatoms. The lowest BCUT2D eigenvalue weighted by atomic mass is 10.1. The first-order chi connectivity index (χ1) is 8.28. The van der Waals surface area contributed by atoms with Crippen molar-refractivity contribution in [3.05, 3.63) is 0 Å². The Bertz CT molecular complexity index is 264. The number of nitrogens with zero attached hydrogens (tertiary/aromatic N) is 2. The van der Waals surface area contributed by atoms with E-state index in [1.807, 2.05) is 0 Å². The first-order valence-corrected chi connectivity index (χ1v) is 7.42. The van der Waals surface area contributed by atoms with Gasteiger partial charge in [-0.1, -0.05) is 0 Å². The molecule has 0 aromatic heterocycles. The zero-order chi connectivity index (χ0) is 11.8. The van der Waals surface area contributed by atoms with E-state index in [2.05, 4.69) is 29.1 Å². The van der Waals surface area contributed by atoms with E-state index in [-0.39, 0.29) is 0 Å². The number of hydrogen-bond donors (Lipinski definition) is 1. The van der Waals surface area contributed by atoms with Crippen molar-refractivity contribution in [3.8, 4) is 0 Å². The molecule has 3 rings (SSSR count). The van der Waals surface area contributed by atoms with Crippen LogP contribution in [0.15, 0.2) is 0 Å². The van der Waals surface area contributed by atoms with Gasteiger partial charge in [0, 0.05) is 31.2 Å². The van der Waals surface area contributed by atoms with Crippen LogP contribution in [0.5, 0.6) is 0 Å². The summed E-state index contributed by atoms with van der Waals surface area (Å²) in [5.74, 6) is 0.894. The van der Waals surface area contributed by atoms with Crippen LogP contribution >= 0.6 is 0 Å². The molecular formula is C14H27N3. The van der Waals surface area contributed by atoms with Gasteiger partial charge in [0.15, 0.2) is 0 Å².